The van der Waals surface area contributed by atoms with Gasteiger partial charge in [0.15, 0.2) is 0 Å². The molecule has 0 aromatic rings. The van der Waals surface area contributed by atoms with Crippen LogP contribution in [0.15, 0.2) is 0 Å². The van der Waals surface area contributed by atoms with Gasteiger partial charge >= 0.3 is 0 Å². The zero-order valence-electron chi connectivity index (χ0n) is 12.9. The maximum Gasteiger partial charge on any atom is 0.223 e. The van der Waals surface area contributed by atoms with Crippen molar-refractivity contribution in [3.63, 3.8) is 0 Å². The van der Waals surface area contributed by atoms with Crippen LogP contribution in [-0.4, -0.2) is 48.4 Å². The predicted octanol–water partition coefficient (Wildman–Crippen LogP) is 3.15. The second-order valence-corrected chi connectivity index (χ2v) is 4.86. The molecule has 0 saturated carbocycles. The first kappa shape index (κ1) is 17.4. The maximum atomic E-state index is 12.0. The Hall–Kier alpha value is -0.570. The normalized spacial score (nSPS) is 10.9. The molecule has 3 nitrogen and oxygen atoms in total. The van der Waals surface area contributed by atoms with Gasteiger partial charge in [0.1, 0.15) is 0 Å². The summed E-state index contributed by atoms with van der Waals surface area (Å²) >= 11 is 0. The lowest BCUT2D eigenvalue weighted by Crippen LogP contribution is -2.35. The fraction of sp³-hybridized carbons (Fsp3) is 0.933. The van der Waals surface area contributed by atoms with Gasteiger partial charge in [0.25, 0.3) is 0 Å². The molecule has 0 saturated heterocycles. The summed E-state index contributed by atoms with van der Waals surface area (Å²) in [7, 11) is 0. The second-order valence-electron chi connectivity index (χ2n) is 4.86. The number of carbonyl (C=O) groups excluding carboxylic acids is 1. The van der Waals surface area contributed by atoms with E-state index in [1.165, 1.54) is 25.7 Å². The minimum absolute atomic E-state index is 0.304. The molecule has 108 valence electrons. The number of hydrogen-bond donors (Lipinski definition) is 0. The Morgan fingerprint density at radius 3 is 1.72 bits per heavy atom. The Kier molecular flexibility index (Phi) is 11.2. The SMILES string of the molecule is CCCCN(CCCC)CCC(=O)N(CC)CC. The fourth-order valence-electron chi connectivity index (χ4n) is 2.09. The molecule has 0 N–H and O–H groups in total. The summed E-state index contributed by atoms with van der Waals surface area (Å²) < 4.78 is 0. The zero-order valence-corrected chi connectivity index (χ0v) is 12.9. The van der Waals surface area contributed by atoms with E-state index in [0.717, 1.165) is 32.7 Å². The summed E-state index contributed by atoms with van der Waals surface area (Å²) in [5, 5.41) is 0. The molecule has 0 atom stereocenters. The largest absolute Gasteiger partial charge is 0.343 e. The van der Waals surface area contributed by atoms with Crippen LogP contribution < -0.4 is 0 Å². The minimum atomic E-state index is 0.304. The van der Waals surface area contributed by atoms with Gasteiger partial charge in [0.2, 0.25) is 5.91 Å². The molecule has 0 aliphatic rings. The number of hydrogen-bond acceptors (Lipinski definition) is 2. The highest BCUT2D eigenvalue weighted by atomic mass is 16.2. The molecule has 0 aromatic heterocycles. The summed E-state index contributed by atoms with van der Waals surface area (Å²) in [6.45, 7) is 13.4. The molecule has 0 aliphatic heterocycles. The van der Waals surface area contributed by atoms with Crippen LogP contribution >= 0.6 is 0 Å². The summed E-state index contributed by atoms with van der Waals surface area (Å²) in [6, 6.07) is 0. The average molecular weight is 256 g/mol. The van der Waals surface area contributed by atoms with E-state index in [1.54, 1.807) is 0 Å². The average Bonchev–Trinajstić information content (AvgIpc) is 2.39. The molecule has 0 radical (unpaired) electrons. The maximum absolute atomic E-state index is 12.0. The lowest BCUT2D eigenvalue weighted by Gasteiger charge is -2.24. The standard InChI is InChI=1S/C15H32N2O/c1-5-9-12-16(13-10-6-2)14-11-15(18)17(7-3)8-4/h5-14H2,1-4H3. The minimum Gasteiger partial charge on any atom is -0.343 e. The second kappa shape index (κ2) is 11.5. The van der Waals surface area contributed by atoms with Crippen molar-refractivity contribution < 1.29 is 4.79 Å². The van der Waals surface area contributed by atoms with Gasteiger partial charge in [-0.1, -0.05) is 26.7 Å². The third kappa shape index (κ3) is 7.70. The van der Waals surface area contributed by atoms with Crippen LogP contribution in [0.25, 0.3) is 0 Å². The molecule has 0 fully saturated rings. The van der Waals surface area contributed by atoms with E-state index in [9.17, 15) is 4.79 Å². The molecular formula is C15H32N2O. The smallest absolute Gasteiger partial charge is 0.223 e. The Labute approximate surface area is 114 Å². The molecule has 18 heavy (non-hydrogen) atoms. The van der Waals surface area contributed by atoms with Gasteiger partial charge in [-0.3, -0.25) is 4.79 Å². The quantitative estimate of drug-likeness (QED) is 0.567. The highest BCUT2D eigenvalue weighted by Crippen LogP contribution is 2.02. The van der Waals surface area contributed by atoms with Crippen LogP contribution in [-0.2, 0) is 4.79 Å². The topological polar surface area (TPSA) is 23.6 Å². The van der Waals surface area contributed by atoms with Crippen molar-refractivity contribution in [1.29, 1.82) is 0 Å². The van der Waals surface area contributed by atoms with Gasteiger partial charge in [0.05, 0.1) is 0 Å². The molecule has 0 aromatic carbocycles. The number of amides is 1. The van der Waals surface area contributed by atoms with Crippen LogP contribution in [0.5, 0.6) is 0 Å². The lowest BCUT2D eigenvalue weighted by atomic mass is 10.2. The van der Waals surface area contributed by atoms with Crippen LogP contribution in [0, 0.1) is 0 Å². The first-order valence-electron chi connectivity index (χ1n) is 7.69. The summed E-state index contributed by atoms with van der Waals surface area (Å²) in [5.41, 5.74) is 0. The van der Waals surface area contributed by atoms with E-state index in [0.29, 0.717) is 12.3 Å². The summed E-state index contributed by atoms with van der Waals surface area (Å²) in [4.78, 5) is 16.3. The monoisotopic (exact) mass is 256 g/mol. The van der Waals surface area contributed by atoms with E-state index in [-0.39, 0.29) is 0 Å². The number of carbonyl (C=O) groups is 1. The van der Waals surface area contributed by atoms with E-state index in [4.69, 9.17) is 0 Å². The highest BCUT2D eigenvalue weighted by molar-refractivity contribution is 5.76. The number of nitrogens with zero attached hydrogens (tertiary/aromatic N) is 2. The van der Waals surface area contributed by atoms with Gasteiger partial charge in [0, 0.05) is 26.1 Å². The molecule has 0 bridgehead atoms. The fourth-order valence-corrected chi connectivity index (χ4v) is 2.09. The molecule has 0 heterocycles. The lowest BCUT2D eigenvalue weighted by molar-refractivity contribution is -0.131. The third-order valence-corrected chi connectivity index (χ3v) is 3.41. The molecule has 0 aliphatic carbocycles. The van der Waals surface area contributed by atoms with Gasteiger partial charge in [-0.2, -0.15) is 0 Å². The molecule has 3 heteroatoms. The first-order valence-corrected chi connectivity index (χ1v) is 7.69. The van der Waals surface area contributed by atoms with Crippen LogP contribution in [0.4, 0.5) is 0 Å². The summed E-state index contributed by atoms with van der Waals surface area (Å²) in [6.07, 6.45) is 5.61. The van der Waals surface area contributed by atoms with Crippen LogP contribution in [0.2, 0.25) is 0 Å². The van der Waals surface area contributed by atoms with Gasteiger partial charge in [-0.15, -0.1) is 0 Å². The third-order valence-electron chi connectivity index (χ3n) is 3.41. The zero-order chi connectivity index (χ0) is 13.8. The van der Waals surface area contributed by atoms with Crippen molar-refractivity contribution in [3.05, 3.63) is 0 Å². The Balaban J connectivity index is 4.02. The number of rotatable bonds is 11. The number of unbranched alkanes of at least 4 members (excludes halogenated alkanes) is 2. The van der Waals surface area contributed by atoms with Crippen molar-refractivity contribution in [2.45, 2.75) is 59.8 Å². The Morgan fingerprint density at radius 2 is 1.33 bits per heavy atom. The predicted molar refractivity (Wildman–Crippen MR) is 78.8 cm³/mol. The Bertz CT molecular complexity index is 195. The molecule has 0 rings (SSSR count). The highest BCUT2D eigenvalue weighted by Gasteiger charge is 2.11. The van der Waals surface area contributed by atoms with E-state index in [1.807, 2.05) is 18.7 Å². The molecular weight excluding hydrogens is 224 g/mol. The van der Waals surface area contributed by atoms with Crippen molar-refractivity contribution in [3.8, 4) is 0 Å². The van der Waals surface area contributed by atoms with Crippen molar-refractivity contribution in [2.75, 3.05) is 32.7 Å². The van der Waals surface area contributed by atoms with Gasteiger partial charge < -0.3 is 9.80 Å². The molecule has 0 spiro atoms. The van der Waals surface area contributed by atoms with Crippen molar-refractivity contribution in [2.24, 2.45) is 0 Å². The van der Waals surface area contributed by atoms with E-state index < -0.39 is 0 Å². The van der Waals surface area contributed by atoms with Crippen LogP contribution in [0.3, 0.4) is 0 Å². The van der Waals surface area contributed by atoms with Crippen molar-refractivity contribution in [1.82, 2.24) is 9.80 Å². The Morgan fingerprint density at radius 1 is 0.833 bits per heavy atom. The van der Waals surface area contributed by atoms with Gasteiger partial charge in [-0.25, -0.2) is 0 Å². The molecule has 0 unspecified atom stereocenters. The summed E-state index contributed by atoms with van der Waals surface area (Å²) in [5.74, 6) is 0.304. The first-order chi connectivity index (χ1) is 8.69. The van der Waals surface area contributed by atoms with E-state index >= 15 is 0 Å². The molecule has 1 amide bonds. The van der Waals surface area contributed by atoms with Crippen LogP contribution in [0.1, 0.15) is 59.8 Å². The van der Waals surface area contributed by atoms with Crippen molar-refractivity contribution >= 4 is 5.91 Å². The van der Waals surface area contributed by atoms with Gasteiger partial charge in [-0.05, 0) is 39.8 Å². The van der Waals surface area contributed by atoms with E-state index in [2.05, 4.69) is 18.7 Å².